The Hall–Kier alpha value is -1.88. The van der Waals surface area contributed by atoms with Gasteiger partial charge in [-0.2, -0.15) is 0 Å². The van der Waals surface area contributed by atoms with Crippen LogP contribution in [0, 0.1) is 5.92 Å². The Morgan fingerprint density at radius 1 is 1.26 bits per heavy atom. The topological polar surface area (TPSA) is 55.3 Å². The number of aromatic nitrogens is 2. The van der Waals surface area contributed by atoms with Crippen molar-refractivity contribution in [2.24, 2.45) is 5.92 Å². The van der Waals surface area contributed by atoms with Crippen molar-refractivity contribution in [1.82, 2.24) is 14.9 Å². The van der Waals surface area contributed by atoms with Crippen molar-refractivity contribution >= 4 is 23.8 Å². The first-order valence-corrected chi connectivity index (χ1v) is 10.1. The minimum absolute atomic E-state index is 0.239. The monoisotopic (exact) mass is 387 g/mol. The summed E-state index contributed by atoms with van der Waals surface area (Å²) in [5.41, 5.74) is 4.28. The molecule has 1 amide bonds. The molecule has 0 spiro atoms. The minimum atomic E-state index is -0.465. The van der Waals surface area contributed by atoms with E-state index >= 15 is 0 Å². The number of carbonyl (C=O) groups is 1. The van der Waals surface area contributed by atoms with Crippen molar-refractivity contribution in [2.45, 2.75) is 58.0 Å². The average molecular weight is 388 g/mol. The maximum Gasteiger partial charge on any atom is 0.410 e. The van der Waals surface area contributed by atoms with Crippen molar-refractivity contribution in [3.8, 4) is 0 Å². The first kappa shape index (κ1) is 18.5. The summed E-state index contributed by atoms with van der Waals surface area (Å²) in [7, 11) is 0. The molecule has 1 aromatic heterocycles. The van der Waals surface area contributed by atoms with E-state index in [2.05, 4.69) is 22.1 Å². The van der Waals surface area contributed by atoms with E-state index in [4.69, 9.17) is 16.3 Å². The Kier molecular flexibility index (Phi) is 4.75. The molecule has 1 aromatic rings. The SMILES string of the molecule is CC(C)(C)OC(=O)N1CC=C(C2=Cc3ncnc(Cl)c3C3CCC3C2)CC1. The van der Waals surface area contributed by atoms with Gasteiger partial charge in [0.15, 0.2) is 0 Å². The molecule has 1 aliphatic heterocycles. The molecule has 1 saturated carbocycles. The summed E-state index contributed by atoms with van der Waals surface area (Å²) in [5.74, 6) is 1.09. The highest BCUT2D eigenvalue weighted by molar-refractivity contribution is 6.30. The molecule has 0 N–H and O–H groups in total. The second kappa shape index (κ2) is 6.93. The largest absolute Gasteiger partial charge is 0.444 e. The smallest absolute Gasteiger partial charge is 0.410 e. The van der Waals surface area contributed by atoms with Crippen LogP contribution in [0.1, 0.15) is 63.6 Å². The van der Waals surface area contributed by atoms with E-state index in [0.29, 0.717) is 30.1 Å². The molecule has 1 fully saturated rings. The molecule has 0 radical (unpaired) electrons. The van der Waals surface area contributed by atoms with E-state index in [9.17, 15) is 4.79 Å². The second-order valence-corrected chi connectivity index (χ2v) is 9.04. The van der Waals surface area contributed by atoms with Crippen LogP contribution < -0.4 is 0 Å². The summed E-state index contributed by atoms with van der Waals surface area (Å²) >= 11 is 6.40. The van der Waals surface area contributed by atoms with E-state index in [-0.39, 0.29) is 6.09 Å². The molecule has 4 rings (SSSR count). The fourth-order valence-electron chi connectivity index (χ4n) is 4.22. The molecule has 0 aromatic carbocycles. The third kappa shape index (κ3) is 3.75. The predicted octanol–water partition coefficient (Wildman–Crippen LogP) is 4.98. The van der Waals surface area contributed by atoms with Gasteiger partial charge in [0.1, 0.15) is 17.1 Å². The van der Waals surface area contributed by atoms with Crippen LogP contribution in [-0.2, 0) is 4.74 Å². The number of allylic oxidation sites excluding steroid dienone is 1. The molecule has 2 aliphatic carbocycles. The van der Waals surface area contributed by atoms with Gasteiger partial charge in [0.2, 0.25) is 0 Å². The second-order valence-electron chi connectivity index (χ2n) is 8.69. The van der Waals surface area contributed by atoms with Crippen LogP contribution in [0.2, 0.25) is 5.15 Å². The van der Waals surface area contributed by atoms with Gasteiger partial charge in [0.05, 0.1) is 5.69 Å². The molecule has 3 aliphatic rings. The zero-order chi connectivity index (χ0) is 19.2. The summed E-state index contributed by atoms with van der Waals surface area (Å²) in [6.07, 6.45) is 9.95. The summed E-state index contributed by atoms with van der Waals surface area (Å²) in [5, 5.41) is 0.598. The lowest BCUT2D eigenvalue weighted by Gasteiger charge is -2.37. The molecule has 2 unspecified atom stereocenters. The normalized spacial score (nSPS) is 24.7. The predicted molar refractivity (Wildman–Crippen MR) is 106 cm³/mol. The van der Waals surface area contributed by atoms with Gasteiger partial charge in [-0.1, -0.05) is 17.7 Å². The van der Waals surface area contributed by atoms with Gasteiger partial charge < -0.3 is 9.64 Å². The highest BCUT2D eigenvalue weighted by Gasteiger charge is 2.38. The quantitative estimate of drug-likeness (QED) is 0.638. The standard InChI is InChI=1S/C21H26ClN3O2/c1-21(2,3)27-20(26)25-8-6-13(7-9-25)15-10-14-4-5-16(14)18-17(11-15)23-12-24-19(18)22/h6,11-12,14,16H,4-5,7-10H2,1-3H3. The minimum Gasteiger partial charge on any atom is -0.444 e. The van der Waals surface area contributed by atoms with E-state index < -0.39 is 5.60 Å². The molecule has 0 saturated heterocycles. The molecule has 2 heterocycles. The van der Waals surface area contributed by atoms with E-state index in [1.54, 1.807) is 11.2 Å². The maximum absolute atomic E-state index is 12.3. The third-order valence-electron chi connectivity index (χ3n) is 5.72. The van der Waals surface area contributed by atoms with Crippen molar-refractivity contribution in [3.05, 3.63) is 40.0 Å². The molecule has 5 nitrogen and oxygen atoms in total. The van der Waals surface area contributed by atoms with Crippen LogP contribution in [0.3, 0.4) is 0 Å². The number of ether oxygens (including phenoxy) is 1. The highest BCUT2D eigenvalue weighted by Crippen LogP contribution is 2.51. The lowest BCUT2D eigenvalue weighted by atomic mass is 9.68. The lowest BCUT2D eigenvalue weighted by molar-refractivity contribution is 0.0266. The number of carbonyl (C=O) groups excluding carboxylic acids is 1. The molecule has 27 heavy (non-hydrogen) atoms. The lowest BCUT2D eigenvalue weighted by Crippen LogP contribution is -2.39. The molecule has 6 heteroatoms. The van der Waals surface area contributed by atoms with E-state index in [1.807, 2.05) is 20.8 Å². The van der Waals surface area contributed by atoms with Crippen LogP contribution in [0.5, 0.6) is 0 Å². The number of hydrogen-bond acceptors (Lipinski definition) is 4. The number of hydrogen-bond donors (Lipinski definition) is 0. The number of amides is 1. The Bertz CT molecular complexity index is 825. The Morgan fingerprint density at radius 2 is 2.07 bits per heavy atom. The molecule has 2 atom stereocenters. The Labute approximate surface area is 165 Å². The van der Waals surface area contributed by atoms with Crippen molar-refractivity contribution in [2.75, 3.05) is 13.1 Å². The van der Waals surface area contributed by atoms with Crippen LogP contribution in [-0.4, -0.2) is 39.7 Å². The highest BCUT2D eigenvalue weighted by atomic mass is 35.5. The Morgan fingerprint density at radius 3 is 2.70 bits per heavy atom. The first-order valence-electron chi connectivity index (χ1n) is 9.70. The number of rotatable bonds is 1. The van der Waals surface area contributed by atoms with Gasteiger partial charge in [0.25, 0.3) is 0 Å². The molecule has 0 bridgehead atoms. The fourth-order valence-corrected chi connectivity index (χ4v) is 4.50. The Balaban J connectivity index is 1.55. The zero-order valence-electron chi connectivity index (χ0n) is 16.2. The number of fused-ring (bicyclic) bond motifs is 3. The first-order chi connectivity index (χ1) is 12.8. The number of nitrogens with zero attached hydrogens (tertiary/aromatic N) is 3. The average Bonchev–Trinajstić information content (AvgIpc) is 2.69. The summed E-state index contributed by atoms with van der Waals surface area (Å²) < 4.78 is 5.49. The van der Waals surface area contributed by atoms with Crippen molar-refractivity contribution in [1.29, 1.82) is 0 Å². The maximum atomic E-state index is 12.3. The summed E-state index contributed by atoms with van der Waals surface area (Å²) in [6.45, 7) is 6.96. The van der Waals surface area contributed by atoms with Crippen LogP contribution in [0.15, 0.2) is 23.5 Å². The zero-order valence-corrected chi connectivity index (χ0v) is 16.9. The van der Waals surface area contributed by atoms with Gasteiger partial charge in [-0.05, 0) is 75.5 Å². The fraction of sp³-hybridized carbons (Fsp3) is 0.571. The molecular weight excluding hydrogens is 362 g/mol. The summed E-state index contributed by atoms with van der Waals surface area (Å²) in [4.78, 5) is 22.8. The van der Waals surface area contributed by atoms with Gasteiger partial charge >= 0.3 is 6.09 Å². The van der Waals surface area contributed by atoms with Gasteiger partial charge in [-0.15, -0.1) is 0 Å². The van der Waals surface area contributed by atoms with Gasteiger partial charge in [-0.25, -0.2) is 14.8 Å². The van der Waals surface area contributed by atoms with Gasteiger partial charge in [-0.3, -0.25) is 0 Å². The number of halogens is 1. The third-order valence-corrected chi connectivity index (χ3v) is 6.02. The molecule has 144 valence electrons. The van der Waals surface area contributed by atoms with Gasteiger partial charge in [0, 0.05) is 18.7 Å². The van der Waals surface area contributed by atoms with Crippen molar-refractivity contribution < 1.29 is 9.53 Å². The van der Waals surface area contributed by atoms with E-state index in [1.165, 1.54) is 17.6 Å². The molecular formula is C21H26ClN3O2. The van der Waals surface area contributed by atoms with Crippen LogP contribution in [0.4, 0.5) is 4.79 Å². The van der Waals surface area contributed by atoms with Crippen molar-refractivity contribution in [3.63, 3.8) is 0 Å². The summed E-state index contributed by atoms with van der Waals surface area (Å²) in [6, 6.07) is 0. The van der Waals surface area contributed by atoms with Crippen LogP contribution >= 0.6 is 11.6 Å². The van der Waals surface area contributed by atoms with E-state index in [0.717, 1.165) is 30.5 Å². The van der Waals surface area contributed by atoms with Crippen LogP contribution in [0.25, 0.3) is 6.08 Å².